The third kappa shape index (κ3) is 7.70. The molecule has 1 nitrogen and oxygen atoms in total. The van der Waals surface area contributed by atoms with Gasteiger partial charge in [-0.15, -0.1) is 0 Å². The highest BCUT2D eigenvalue weighted by Crippen LogP contribution is 2.02. The number of rotatable bonds is 6. The summed E-state index contributed by atoms with van der Waals surface area (Å²) in [6.07, 6.45) is 10.7. The fourth-order valence-electron chi connectivity index (χ4n) is 0.927. The lowest BCUT2D eigenvalue weighted by Gasteiger charge is -1.95. The van der Waals surface area contributed by atoms with Crippen molar-refractivity contribution >= 4 is 0 Å². The Morgan fingerprint density at radius 1 is 1.10 bits per heavy atom. The maximum Gasteiger partial charge on any atom is -0.00773 e. The molecule has 0 aliphatic carbocycles. The van der Waals surface area contributed by atoms with Gasteiger partial charge in [-0.1, -0.05) is 25.0 Å². The van der Waals surface area contributed by atoms with Crippen molar-refractivity contribution < 1.29 is 0 Å². The van der Waals surface area contributed by atoms with Gasteiger partial charge in [-0.2, -0.15) is 0 Å². The molecule has 1 heteroatoms. The van der Waals surface area contributed by atoms with E-state index in [2.05, 4.69) is 19.1 Å². The van der Waals surface area contributed by atoms with Crippen molar-refractivity contribution in [2.75, 3.05) is 6.54 Å². The molecular weight excluding hydrogens is 122 g/mol. The lowest BCUT2D eigenvalue weighted by molar-refractivity contribution is 0.652. The fraction of sp³-hybridized carbons (Fsp3) is 0.778. The Bertz CT molecular complexity index is 76.8. The molecule has 10 heavy (non-hydrogen) atoms. The van der Waals surface area contributed by atoms with Crippen molar-refractivity contribution in [3.8, 4) is 0 Å². The molecule has 2 N–H and O–H groups in total. The maximum absolute atomic E-state index is 5.36. The molecule has 0 heterocycles. The van der Waals surface area contributed by atoms with E-state index in [1.165, 1.54) is 32.1 Å². The molecule has 0 rings (SSSR count). The Kier molecular flexibility index (Phi) is 8.44. The standard InChI is InChI=1S/C9H19N/c1-2-3-4-5-6-7-8-9-10/h2-3H,4-10H2,1H3/b3-2-. The number of hydrogen-bond acceptors (Lipinski definition) is 1. The van der Waals surface area contributed by atoms with Crippen LogP contribution in [0.3, 0.4) is 0 Å². The van der Waals surface area contributed by atoms with Crippen molar-refractivity contribution in [3.63, 3.8) is 0 Å². The SMILES string of the molecule is C/C=C\CCCCCCN. The first-order valence-corrected chi connectivity index (χ1v) is 4.23. The largest absolute Gasteiger partial charge is 0.330 e. The first-order valence-electron chi connectivity index (χ1n) is 4.23. The molecule has 0 atom stereocenters. The molecule has 0 saturated heterocycles. The van der Waals surface area contributed by atoms with Crippen LogP contribution in [-0.4, -0.2) is 6.54 Å². The van der Waals surface area contributed by atoms with Gasteiger partial charge < -0.3 is 5.73 Å². The van der Waals surface area contributed by atoms with Crippen LogP contribution in [0.25, 0.3) is 0 Å². The Hall–Kier alpha value is -0.300. The summed E-state index contributed by atoms with van der Waals surface area (Å²) in [7, 11) is 0. The van der Waals surface area contributed by atoms with Crippen LogP contribution in [0.5, 0.6) is 0 Å². The maximum atomic E-state index is 5.36. The van der Waals surface area contributed by atoms with Gasteiger partial charge in [0.15, 0.2) is 0 Å². The van der Waals surface area contributed by atoms with Crippen LogP contribution in [0, 0.1) is 0 Å². The number of nitrogens with two attached hydrogens (primary N) is 1. The average Bonchev–Trinajstić information content (AvgIpc) is 1.97. The minimum Gasteiger partial charge on any atom is -0.330 e. The van der Waals surface area contributed by atoms with Gasteiger partial charge >= 0.3 is 0 Å². The summed E-state index contributed by atoms with van der Waals surface area (Å²) in [5, 5.41) is 0. The monoisotopic (exact) mass is 141 g/mol. The topological polar surface area (TPSA) is 26.0 Å². The molecule has 0 bridgehead atoms. The van der Waals surface area contributed by atoms with Gasteiger partial charge in [-0.25, -0.2) is 0 Å². The number of unbranched alkanes of at least 4 members (excludes halogenated alkanes) is 4. The first-order chi connectivity index (χ1) is 4.91. The predicted octanol–water partition coefficient (Wildman–Crippen LogP) is 2.47. The molecule has 0 aromatic carbocycles. The molecule has 0 amide bonds. The zero-order chi connectivity index (χ0) is 7.66. The Balaban J connectivity index is 2.77. The van der Waals surface area contributed by atoms with Crippen molar-refractivity contribution in [1.82, 2.24) is 0 Å². The molecule has 0 aliphatic heterocycles. The number of allylic oxidation sites excluding steroid dienone is 2. The summed E-state index contributed by atoms with van der Waals surface area (Å²) >= 11 is 0. The van der Waals surface area contributed by atoms with Crippen LogP contribution < -0.4 is 5.73 Å². The van der Waals surface area contributed by atoms with Crippen molar-refractivity contribution in [1.29, 1.82) is 0 Å². The van der Waals surface area contributed by atoms with Crippen LogP contribution >= 0.6 is 0 Å². The minimum atomic E-state index is 0.851. The molecule has 0 radical (unpaired) electrons. The van der Waals surface area contributed by atoms with Crippen LogP contribution in [0.4, 0.5) is 0 Å². The summed E-state index contributed by atoms with van der Waals surface area (Å²) in [5.41, 5.74) is 5.36. The summed E-state index contributed by atoms with van der Waals surface area (Å²) in [5.74, 6) is 0. The molecule has 0 aliphatic rings. The highest BCUT2D eigenvalue weighted by atomic mass is 14.5. The molecule has 0 aromatic heterocycles. The Morgan fingerprint density at radius 2 is 1.80 bits per heavy atom. The molecule has 0 spiro atoms. The fourth-order valence-corrected chi connectivity index (χ4v) is 0.927. The molecule has 0 fully saturated rings. The summed E-state index contributed by atoms with van der Waals surface area (Å²) < 4.78 is 0. The van der Waals surface area contributed by atoms with E-state index in [1.54, 1.807) is 0 Å². The van der Waals surface area contributed by atoms with Crippen LogP contribution in [-0.2, 0) is 0 Å². The zero-order valence-corrected chi connectivity index (χ0v) is 6.97. The zero-order valence-electron chi connectivity index (χ0n) is 6.97. The summed E-state index contributed by atoms with van der Waals surface area (Å²) in [6.45, 7) is 2.92. The second kappa shape index (κ2) is 8.70. The van der Waals surface area contributed by atoms with Gasteiger partial charge in [0, 0.05) is 0 Å². The Labute approximate surface area is 64.3 Å². The third-order valence-corrected chi connectivity index (χ3v) is 1.56. The van der Waals surface area contributed by atoms with E-state index < -0.39 is 0 Å². The highest BCUT2D eigenvalue weighted by Gasteiger charge is 1.85. The Morgan fingerprint density at radius 3 is 2.40 bits per heavy atom. The van der Waals surface area contributed by atoms with Gasteiger partial charge in [0.05, 0.1) is 0 Å². The average molecular weight is 141 g/mol. The first kappa shape index (κ1) is 9.70. The highest BCUT2D eigenvalue weighted by molar-refractivity contribution is 4.76. The van der Waals surface area contributed by atoms with E-state index in [9.17, 15) is 0 Å². The van der Waals surface area contributed by atoms with Crippen LogP contribution in [0.15, 0.2) is 12.2 Å². The van der Waals surface area contributed by atoms with Crippen molar-refractivity contribution in [3.05, 3.63) is 12.2 Å². The molecule has 0 saturated carbocycles. The van der Waals surface area contributed by atoms with Gasteiger partial charge in [-0.3, -0.25) is 0 Å². The van der Waals surface area contributed by atoms with Crippen LogP contribution in [0.1, 0.15) is 39.0 Å². The molecule has 60 valence electrons. The van der Waals surface area contributed by atoms with E-state index in [1.807, 2.05) is 0 Å². The third-order valence-electron chi connectivity index (χ3n) is 1.56. The quantitative estimate of drug-likeness (QED) is 0.446. The second-order valence-corrected chi connectivity index (χ2v) is 2.56. The van der Waals surface area contributed by atoms with Crippen molar-refractivity contribution in [2.24, 2.45) is 5.73 Å². The minimum absolute atomic E-state index is 0.851. The lowest BCUT2D eigenvalue weighted by atomic mass is 10.1. The predicted molar refractivity (Wildman–Crippen MR) is 47.0 cm³/mol. The lowest BCUT2D eigenvalue weighted by Crippen LogP contribution is -1.97. The summed E-state index contributed by atoms with van der Waals surface area (Å²) in [4.78, 5) is 0. The van der Waals surface area contributed by atoms with Crippen molar-refractivity contribution in [2.45, 2.75) is 39.0 Å². The van der Waals surface area contributed by atoms with Crippen LogP contribution in [0.2, 0.25) is 0 Å². The molecular formula is C9H19N. The smallest absolute Gasteiger partial charge is 0.00773 e. The normalized spacial score (nSPS) is 11.0. The van der Waals surface area contributed by atoms with Gasteiger partial charge in [0.2, 0.25) is 0 Å². The van der Waals surface area contributed by atoms with E-state index in [0.29, 0.717) is 0 Å². The number of hydrogen-bond donors (Lipinski definition) is 1. The second-order valence-electron chi connectivity index (χ2n) is 2.56. The van der Waals surface area contributed by atoms with Gasteiger partial charge in [0.1, 0.15) is 0 Å². The molecule has 0 unspecified atom stereocenters. The van der Waals surface area contributed by atoms with E-state index >= 15 is 0 Å². The van der Waals surface area contributed by atoms with Gasteiger partial charge in [-0.05, 0) is 32.7 Å². The summed E-state index contributed by atoms with van der Waals surface area (Å²) in [6, 6.07) is 0. The van der Waals surface area contributed by atoms with E-state index in [-0.39, 0.29) is 0 Å². The van der Waals surface area contributed by atoms with E-state index in [0.717, 1.165) is 6.54 Å². The molecule has 0 aromatic rings. The van der Waals surface area contributed by atoms with E-state index in [4.69, 9.17) is 5.73 Å². The van der Waals surface area contributed by atoms with Gasteiger partial charge in [0.25, 0.3) is 0 Å².